The van der Waals surface area contributed by atoms with E-state index < -0.39 is 5.97 Å². The van der Waals surface area contributed by atoms with Gasteiger partial charge in [0.2, 0.25) is 0 Å². The molecule has 5 nitrogen and oxygen atoms in total. The molecule has 0 unspecified atom stereocenters. The van der Waals surface area contributed by atoms with Gasteiger partial charge >= 0.3 is 11.9 Å². The van der Waals surface area contributed by atoms with Crippen LogP contribution in [-0.2, 0) is 25.7 Å². The van der Waals surface area contributed by atoms with Crippen LogP contribution in [0.25, 0.3) is 0 Å². The van der Waals surface area contributed by atoms with Crippen molar-refractivity contribution in [2.45, 2.75) is 20.0 Å². The molecule has 1 aromatic carbocycles. The topological polar surface area (TPSA) is 61.8 Å². The first-order valence-corrected chi connectivity index (χ1v) is 5.60. The van der Waals surface area contributed by atoms with Crippen molar-refractivity contribution in [2.75, 3.05) is 13.7 Å². The molecule has 0 aliphatic heterocycles. The second-order valence-electron chi connectivity index (χ2n) is 3.52. The summed E-state index contributed by atoms with van der Waals surface area (Å²) in [7, 11) is 1.30. The molecule has 5 heteroatoms. The predicted molar refractivity (Wildman–Crippen MR) is 64.0 cm³/mol. The van der Waals surface area contributed by atoms with Crippen molar-refractivity contribution in [3.05, 3.63) is 29.8 Å². The number of benzene rings is 1. The fourth-order valence-electron chi connectivity index (χ4n) is 1.15. The first-order valence-electron chi connectivity index (χ1n) is 5.60. The van der Waals surface area contributed by atoms with Crippen LogP contribution in [-0.4, -0.2) is 25.7 Å². The SMILES string of the molecule is CCC(=O)OCc1ccc(OCC(=O)OC)cc1. The van der Waals surface area contributed by atoms with E-state index in [1.807, 2.05) is 0 Å². The van der Waals surface area contributed by atoms with Crippen molar-refractivity contribution in [3.63, 3.8) is 0 Å². The molecule has 0 aliphatic carbocycles. The highest BCUT2D eigenvalue weighted by molar-refractivity contribution is 5.70. The van der Waals surface area contributed by atoms with Crippen LogP contribution in [0.3, 0.4) is 0 Å². The van der Waals surface area contributed by atoms with Crippen molar-refractivity contribution in [3.8, 4) is 5.75 Å². The fourth-order valence-corrected chi connectivity index (χ4v) is 1.15. The molecule has 0 aliphatic rings. The van der Waals surface area contributed by atoms with Crippen molar-refractivity contribution >= 4 is 11.9 Å². The maximum atomic E-state index is 11.0. The average molecular weight is 252 g/mol. The summed E-state index contributed by atoms with van der Waals surface area (Å²) in [5.41, 5.74) is 0.863. The summed E-state index contributed by atoms with van der Waals surface area (Å²) in [6.07, 6.45) is 0.361. The first-order chi connectivity index (χ1) is 8.65. The molecule has 1 rings (SSSR count). The van der Waals surface area contributed by atoms with Crippen molar-refractivity contribution in [1.29, 1.82) is 0 Å². The maximum absolute atomic E-state index is 11.0. The van der Waals surface area contributed by atoms with Gasteiger partial charge in [-0.1, -0.05) is 19.1 Å². The van der Waals surface area contributed by atoms with Crippen LogP contribution >= 0.6 is 0 Å². The fraction of sp³-hybridized carbons (Fsp3) is 0.385. The Bertz CT molecular complexity index is 357. The van der Waals surface area contributed by atoms with Gasteiger partial charge in [-0.15, -0.1) is 0 Å². The summed E-state index contributed by atoms with van der Waals surface area (Å²) >= 11 is 0. The van der Waals surface area contributed by atoms with Crippen LogP contribution in [0.1, 0.15) is 18.9 Å². The third-order valence-electron chi connectivity index (χ3n) is 2.20. The van der Waals surface area contributed by atoms with Gasteiger partial charge < -0.3 is 14.2 Å². The maximum Gasteiger partial charge on any atom is 0.343 e. The Morgan fingerprint density at radius 2 is 1.78 bits per heavy atom. The van der Waals surface area contributed by atoms with E-state index in [1.165, 1.54) is 7.11 Å². The molecule has 0 atom stereocenters. The molecule has 0 radical (unpaired) electrons. The molecular formula is C13H16O5. The van der Waals surface area contributed by atoms with Crippen LogP contribution < -0.4 is 4.74 Å². The molecule has 0 fully saturated rings. The number of carbonyl (C=O) groups excluding carboxylic acids is 2. The van der Waals surface area contributed by atoms with E-state index in [1.54, 1.807) is 31.2 Å². The van der Waals surface area contributed by atoms with Crippen molar-refractivity contribution in [2.24, 2.45) is 0 Å². The Hall–Kier alpha value is -2.04. The van der Waals surface area contributed by atoms with Crippen LogP contribution in [0.2, 0.25) is 0 Å². The normalized spacial score (nSPS) is 9.67. The zero-order valence-electron chi connectivity index (χ0n) is 10.5. The Morgan fingerprint density at radius 1 is 1.11 bits per heavy atom. The standard InChI is InChI=1S/C13H16O5/c1-3-12(14)18-8-10-4-6-11(7-5-10)17-9-13(15)16-2/h4-7H,3,8-9H2,1-2H3. The Morgan fingerprint density at radius 3 is 2.33 bits per heavy atom. The molecule has 18 heavy (non-hydrogen) atoms. The molecular weight excluding hydrogens is 236 g/mol. The van der Waals surface area contributed by atoms with Gasteiger partial charge in [0.25, 0.3) is 0 Å². The van der Waals surface area contributed by atoms with E-state index in [0.717, 1.165) is 5.56 Å². The summed E-state index contributed by atoms with van der Waals surface area (Å²) in [4.78, 5) is 21.8. The van der Waals surface area contributed by atoms with Crippen molar-refractivity contribution < 1.29 is 23.8 Å². The predicted octanol–water partition coefficient (Wildman–Crippen LogP) is 1.69. The van der Waals surface area contributed by atoms with Crippen LogP contribution in [0.5, 0.6) is 5.75 Å². The summed E-state index contributed by atoms with van der Waals surface area (Å²) in [5.74, 6) is -0.108. The molecule has 0 saturated heterocycles. The van der Waals surface area contributed by atoms with Crippen LogP contribution in [0.4, 0.5) is 0 Å². The molecule has 0 amide bonds. The van der Waals surface area contributed by atoms with Gasteiger partial charge in [0, 0.05) is 6.42 Å². The van der Waals surface area contributed by atoms with Crippen molar-refractivity contribution in [1.82, 2.24) is 0 Å². The smallest absolute Gasteiger partial charge is 0.343 e. The third-order valence-corrected chi connectivity index (χ3v) is 2.20. The molecule has 0 saturated carbocycles. The molecule has 0 aromatic heterocycles. The molecule has 1 aromatic rings. The Kier molecular flexibility index (Phi) is 5.70. The number of hydrogen-bond donors (Lipinski definition) is 0. The summed E-state index contributed by atoms with van der Waals surface area (Å²) in [6, 6.07) is 6.96. The quantitative estimate of drug-likeness (QED) is 0.721. The number of esters is 2. The molecule has 0 N–H and O–H groups in total. The number of carbonyl (C=O) groups is 2. The lowest BCUT2D eigenvalue weighted by Gasteiger charge is -2.06. The zero-order chi connectivity index (χ0) is 13.4. The van der Waals surface area contributed by atoms with Crippen LogP contribution in [0.15, 0.2) is 24.3 Å². The average Bonchev–Trinajstić information content (AvgIpc) is 2.43. The largest absolute Gasteiger partial charge is 0.482 e. The van der Waals surface area contributed by atoms with E-state index in [-0.39, 0.29) is 19.2 Å². The molecule has 98 valence electrons. The monoisotopic (exact) mass is 252 g/mol. The lowest BCUT2D eigenvalue weighted by molar-refractivity contribution is -0.144. The molecule has 0 spiro atoms. The first kappa shape index (κ1) is 14.0. The van der Waals surface area contributed by atoms with Gasteiger partial charge in [-0.25, -0.2) is 4.79 Å². The number of rotatable bonds is 6. The number of hydrogen-bond acceptors (Lipinski definition) is 5. The van der Waals surface area contributed by atoms with Gasteiger partial charge in [-0.3, -0.25) is 4.79 Å². The van der Waals surface area contributed by atoms with E-state index >= 15 is 0 Å². The zero-order valence-corrected chi connectivity index (χ0v) is 10.5. The summed E-state index contributed by atoms with van der Waals surface area (Å²) in [5, 5.41) is 0. The summed E-state index contributed by atoms with van der Waals surface area (Å²) < 4.78 is 14.6. The minimum absolute atomic E-state index is 0.124. The molecule has 0 heterocycles. The van der Waals surface area contributed by atoms with Gasteiger partial charge in [-0.2, -0.15) is 0 Å². The lowest BCUT2D eigenvalue weighted by Crippen LogP contribution is -2.12. The Labute approximate surface area is 106 Å². The van der Waals surface area contributed by atoms with Gasteiger partial charge in [-0.05, 0) is 17.7 Å². The highest BCUT2D eigenvalue weighted by Gasteiger charge is 2.03. The number of methoxy groups -OCH3 is 1. The van der Waals surface area contributed by atoms with Gasteiger partial charge in [0.05, 0.1) is 7.11 Å². The van der Waals surface area contributed by atoms with E-state index in [2.05, 4.69) is 4.74 Å². The van der Waals surface area contributed by atoms with E-state index in [0.29, 0.717) is 12.2 Å². The minimum atomic E-state index is -0.434. The van der Waals surface area contributed by atoms with Crippen LogP contribution in [0, 0.1) is 0 Å². The highest BCUT2D eigenvalue weighted by atomic mass is 16.6. The van der Waals surface area contributed by atoms with Gasteiger partial charge in [0.1, 0.15) is 12.4 Å². The molecule has 0 bridgehead atoms. The Balaban J connectivity index is 2.42. The highest BCUT2D eigenvalue weighted by Crippen LogP contribution is 2.13. The lowest BCUT2D eigenvalue weighted by atomic mass is 10.2. The second kappa shape index (κ2) is 7.32. The number of ether oxygens (including phenoxy) is 3. The minimum Gasteiger partial charge on any atom is -0.482 e. The third kappa shape index (κ3) is 4.86. The van der Waals surface area contributed by atoms with E-state index in [4.69, 9.17) is 9.47 Å². The van der Waals surface area contributed by atoms with Gasteiger partial charge in [0.15, 0.2) is 6.61 Å². The van der Waals surface area contributed by atoms with E-state index in [9.17, 15) is 9.59 Å². The second-order valence-corrected chi connectivity index (χ2v) is 3.52. The summed E-state index contributed by atoms with van der Waals surface area (Å²) in [6.45, 7) is 1.86.